The highest BCUT2D eigenvalue weighted by Crippen LogP contribution is 2.34. The molecular weight excluding hydrogens is 276 g/mol. The van der Waals surface area contributed by atoms with Crippen molar-refractivity contribution < 1.29 is 28.5 Å². The summed E-state index contributed by atoms with van der Waals surface area (Å²) in [7, 11) is 0. The van der Waals surface area contributed by atoms with E-state index in [1.807, 2.05) is 13.8 Å². The predicted molar refractivity (Wildman–Crippen MR) is 75.5 cm³/mol. The SMILES string of the molecule is CCCOCC[C@@H]1[C@@H](CC)OC(OC(C)=O)[C@@H]1OC(C)=O. The van der Waals surface area contributed by atoms with E-state index in [4.69, 9.17) is 18.9 Å². The molecule has 0 aromatic rings. The van der Waals surface area contributed by atoms with Gasteiger partial charge in [0, 0.05) is 33.0 Å². The van der Waals surface area contributed by atoms with Crippen LogP contribution in [0.1, 0.15) is 47.0 Å². The smallest absolute Gasteiger partial charge is 0.305 e. The van der Waals surface area contributed by atoms with Crippen molar-refractivity contribution in [1.82, 2.24) is 0 Å². The fourth-order valence-corrected chi connectivity index (χ4v) is 2.57. The molecule has 0 spiro atoms. The molecule has 0 saturated carbocycles. The molecular formula is C15H26O6. The summed E-state index contributed by atoms with van der Waals surface area (Å²) in [5.74, 6) is -0.882. The fraction of sp³-hybridized carbons (Fsp3) is 0.867. The van der Waals surface area contributed by atoms with Crippen LogP contribution < -0.4 is 0 Å². The third kappa shape index (κ3) is 5.63. The number of rotatable bonds is 8. The molecule has 0 aliphatic carbocycles. The molecule has 21 heavy (non-hydrogen) atoms. The number of carbonyl (C=O) groups excluding carboxylic acids is 2. The van der Waals surface area contributed by atoms with Crippen molar-refractivity contribution in [3.05, 3.63) is 0 Å². The van der Waals surface area contributed by atoms with Crippen molar-refractivity contribution in [2.24, 2.45) is 5.92 Å². The first-order chi connectivity index (χ1) is 9.99. The van der Waals surface area contributed by atoms with E-state index in [0.29, 0.717) is 19.6 Å². The third-order valence-electron chi connectivity index (χ3n) is 3.41. The van der Waals surface area contributed by atoms with Crippen LogP contribution in [0.2, 0.25) is 0 Å². The first kappa shape index (κ1) is 17.9. The molecule has 1 aliphatic rings. The standard InChI is InChI=1S/C15H26O6/c1-5-8-18-9-7-12-13(6-2)21-15(20-11(4)17)14(12)19-10(3)16/h12-15H,5-9H2,1-4H3/t12-,13-,14-,15?/m1/s1. The van der Waals surface area contributed by atoms with Gasteiger partial charge >= 0.3 is 11.9 Å². The van der Waals surface area contributed by atoms with E-state index < -0.39 is 24.3 Å². The maximum Gasteiger partial charge on any atom is 0.305 e. The molecule has 0 amide bonds. The second-order valence-electron chi connectivity index (χ2n) is 5.20. The highest BCUT2D eigenvalue weighted by atomic mass is 16.7. The Morgan fingerprint density at radius 2 is 1.71 bits per heavy atom. The average molecular weight is 302 g/mol. The molecule has 4 atom stereocenters. The van der Waals surface area contributed by atoms with Crippen LogP contribution in [0.15, 0.2) is 0 Å². The summed E-state index contributed by atoms with van der Waals surface area (Å²) in [5.41, 5.74) is 0. The number of hydrogen-bond acceptors (Lipinski definition) is 6. The Bertz CT molecular complexity index is 343. The molecule has 0 radical (unpaired) electrons. The zero-order chi connectivity index (χ0) is 15.8. The maximum absolute atomic E-state index is 11.3. The van der Waals surface area contributed by atoms with Crippen LogP contribution in [0.4, 0.5) is 0 Å². The van der Waals surface area contributed by atoms with Gasteiger partial charge in [-0.1, -0.05) is 13.8 Å². The Hall–Kier alpha value is -1.14. The lowest BCUT2D eigenvalue weighted by Crippen LogP contribution is -2.35. The lowest BCUT2D eigenvalue weighted by molar-refractivity contribution is -0.194. The topological polar surface area (TPSA) is 71.1 Å². The summed E-state index contributed by atoms with van der Waals surface area (Å²) in [5, 5.41) is 0. The Balaban J connectivity index is 2.71. The van der Waals surface area contributed by atoms with Gasteiger partial charge in [0.1, 0.15) is 0 Å². The molecule has 1 fully saturated rings. The van der Waals surface area contributed by atoms with Gasteiger partial charge in [-0.2, -0.15) is 0 Å². The minimum absolute atomic E-state index is 0.0277. The van der Waals surface area contributed by atoms with Gasteiger partial charge in [-0.05, 0) is 19.3 Å². The van der Waals surface area contributed by atoms with Crippen LogP contribution in [0.25, 0.3) is 0 Å². The van der Waals surface area contributed by atoms with E-state index >= 15 is 0 Å². The maximum atomic E-state index is 11.3. The van der Waals surface area contributed by atoms with Gasteiger partial charge in [0.05, 0.1) is 6.10 Å². The Kier molecular flexibility index (Phi) is 7.67. The fourth-order valence-electron chi connectivity index (χ4n) is 2.57. The molecule has 1 heterocycles. The molecule has 6 heteroatoms. The second-order valence-corrected chi connectivity index (χ2v) is 5.20. The minimum Gasteiger partial charge on any atom is -0.455 e. The van der Waals surface area contributed by atoms with E-state index in [-0.39, 0.29) is 12.0 Å². The Morgan fingerprint density at radius 3 is 2.24 bits per heavy atom. The summed E-state index contributed by atoms with van der Waals surface area (Å²) in [6.45, 7) is 7.97. The van der Waals surface area contributed by atoms with E-state index in [1.54, 1.807) is 0 Å². The van der Waals surface area contributed by atoms with Crippen LogP contribution >= 0.6 is 0 Å². The minimum atomic E-state index is -0.826. The van der Waals surface area contributed by atoms with Crippen molar-refractivity contribution in [3.63, 3.8) is 0 Å². The van der Waals surface area contributed by atoms with Gasteiger partial charge < -0.3 is 18.9 Å². The van der Waals surface area contributed by atoms with Gasteiger partial charge in [0.15, 0.2) is 6.10 Å². The zero-order valence-corrected chi connectivity index (χ0v) is 13.3. The highest BCUT2D eigenvalue weighted by Gasteiger charge is 2.47. The van der Waals surface area contributed by atoms with Gasteiger partial charge in [-0.15, -0.1) is 0 Å². The van der Waals surface area contributed by atoms with Gasteiger partial charge in [-0.3, -0.25) is 9.59 Å². The van der Waals surface area contributed by atoms with Crippen molar-refractivity contribution >= 4 is 11.9 Å². The molecule has 0 aromatic heterocycles. The molecule has 1 saturated heterocycles. The van der Waals surface area contributed by atoms with Crippen molar-refractivity contribution in [2.75, 3.05) is 13.2 Å². The number of hydrogen-bond donors (Lipinski definition) is 0. The molecule has 1 aliphatic heterocycles. The Morgan fingerprint density at radius 1 is 1.05 bits per heavy atom. The van der Waals surface area contributed by atoms with Crippen molar-refractivity contribution in [3.8, 4) is 0 Å². The average Bonchev–Trinajstić information content (AvgIpc) is 2.71. The van der Waals surface area contributed by atoms with Gasteiger partial charge in [0.2, 0.25) is 6.29 Å². The van der Waals surface area contributed by atoms with Gasteiger partial charge in [0.25, 0.3) is 0 Å². The van der Waals surface area contributed by atoms with E-state index in [9.17, 15) is 9.59 Å². The summed E-state index contributed by atoms with van der Waals surface area (Å²) in [4.78, 5) is 22.5. The van der Waals surface area contributed by atoms with Crippen LogP contribution in [0, 0.1) is 5.92 Å². The lowest BCUT2D eigenvalue weighted by Gasteiger charge is -2.23. The highest BCUT2D eigenvalue weighted by molar-refractivity contribution is 5.67. The normalized spacial score (nSPS) is 28.4. The van der Waals surface area contributed by atoms with Gasteiger partial charge in [-0.25, -0.2) is 0 Å². The van der Waals surface area contributed by atoms with E-state index in [0.717, 1.165) is 12.8 Å². The summed E-state index contributed by atoms with van der Waals surface area (Å²) < 4.78 is 21.7. The molecule has 0 N–H and O–H groups in total. The van der Waals surface area contributed by atoms with E-state index in [1.165, 1.54) is 13.8 Å². The second kappa shape index (κ2) is 9.00. The number of ether oxygens (including phenoxy) is 4. The monoisotopic (exact) mass is 302 g/mol. The lowest BCUT2D eigenvalue weighted by atomic mass is 9.93. The predicted octanol–water partition coefficient (Wildman–Crippen LogP) is 2.05. The summed E-state index contributed by atoms with van der Waals surface area (Å²) >= 11 is 0. The Labute approximate surface area is 126 Å². The summed E-state index contributed by atoms with van der Waals surface area (Å²) in [6.07, 6.45) is 0.919. The largest absolute Gasteiger partial charge is 0.455 e. The number of carbonyl (C=O) groups is 2. The molecule has 122 valence electrons. The van der Waals surface area contributed by atoms with Crippen LogP contribution in [-0.4, -0.2) is 43.7 Å². The quantitative estimate of drug-likeness (QED) is 0.505. The van der Waals surface area contributed by atoms with Crippen molar-refractivity contribution in [1.29, 1.82) is 0 Å². The molecule has 0 bridgehead atoms. The first-order valence-corrected chi connectivity index (χ1v) is 7.57. The molecule has 0 aromatic carbocycles. The third-order valence-corrected chi connectivity index (χ3v) is 3.41. The first-order valence-electron chi connectivity index (χ1n) is 7.57. The molecule has 6 nitrogen and oxygen atoms in total. The van der Waals surface area contributed by atoms with Crippen LogP contribution in [0.3, 0.4) is 0 Å². The number of esters is 2. The molecule has 1 rings (SSSR count). The van der Waals surface area contributed by atoms with Crippen LogP contribution in [0.5, 0.6) is 0 Å². The summed E-state index contributed by atoms with van der Waals surface area (Å²) in [6, 6.07) is 0. The van der Waals surface area contributed by atoms with Crippen LogP contribution in [-0.2, 0) is 28.5 Å². The van der Waals surface area contributed by atoms with E-state index in [2.05, 4.69) is 0 Å². The van der Waals surface area contributed by atoms with Crippen molar-refractivity contribution in [2.45, 2.75) is 65.5 Å². The zero-order valence-electron chi connectivity index (χ0n) is 13.3. The molecule has 1 unspecified atom stereocenters.